The average molecular weight is 472 g/mol. The van der Waals surface area contributed by atoms with Crippen molar-refractivity contribution < 1.29 is 18.9 Å². The fourth-order valence-corrected chi connectivity index (χ4v) is 4.33. The molecule has 4 heterocycles. The minimum absolute atomic E-state index is 0. The monoisotopic (exact) mass is 471 g/mol. The molecule has 5 rings (SSSR count). The van der Waals surface area contributed by atoms with Gasteiger partial charge in [0.25, 0.3) is 0 Å². The molecule has 0 N–H and O–H groups in total. The third kappa shape index (κ3) is 5.60. The first-order chi connectivity index (χ1) is 15.8. The van der Waals surface area contributed by atoms with Crippen molar-refractivity contribution in [3.8, 4) is 23.1 Å². The molecule has 0 bridgehead atoms. The Bertz CT molecular complexity index is 1070. The second-order valence-electron chi connectivity index (χ2n) is 8.35. The molecular formula is C25H30ClN3O4. The highest BCUT2D eigenvalue weighted by Gasteiger charge is 2.20. The van der Waals surface area contributed by atoms with Gasteiger partial charge in [0, 0.05) is 24.9 Å². The van der Waals surface area contributed by atoms with Crippen LogP contribution in [-0.4, -0.2) is 61.4 Å². The van der Waals surface area contributed by atoms with E-state index in [1.54, 1.807) is 13.3 Å². The lowest BCUT2D eigenvalue weighted by atomic mass is 9.97. The first kappa shape index (κ1) is 23.4. The number of methoxy groups -OCH3 is 1. The van der Waals surface area contributed by atoms with Gasteiger partial charge in [0.2, 0.25) is 5.88 Å². The molecular weight excluding hydrogens is 442 g/mol. The third-order valence-corrected chi connectivity index (χ3v) is 6.24. The van der Waals surface area contributed by atoms with Gasteiger partial charge in [-0.2, -0.15) is 0 Å². The number of pyridine rings is 2. The van der Waals surface area contributed by atoms with Gasteiger partial charge < -0.3 is 23.8 Å². The minimum atomic E-state index is 0. The molecule has 1 saturated heterocycles. The van der Waals surface area contributed by atoms with Crippen LogP contribution in [0.5, 0.6) is 23.1 Å². The summed E-state index contributed by atoms with van der Waals surface area (Å²) in [5.41, 5.74) is 2.87. The molecule has 3 aromatic rings. The van der Waals surface area contributed by atoms with E-state index in [0.717, 1.165) is 67.2 Å². The van der Waals surface area contributed by atoms with Crippen LogP contribution in [-0.2, 0) is 6.42 Å². The summed E-state index contributed by atoms with van der Waals surface area (Å²) in [5, 5.41) is 0. The van der Waals surface area contributed by atoms with Gasteiger partial charge in [-0.15, -0.1) is 12.4 Å². The molecule has 0 spiro atoms. The van der Waals surface area contributed by atoms with Gasteiger partial charge >= 0.3 is 0 Å². The minimum Gasteiger partial charge on any atom is -0.491 e. The third-order valence-electron chi connectivity index (χ3n) is 6.24. The molecule has 176 valence electrons. The van der Waals surface area contributed by atoms with Crippen LogP contribution in [0.3, 0.4) is 0 Å². The standard InChI is InChI=1S/C25H29N3O4.ClH/c1-29-24-5-3-20-25(27-24)22(6-10-26-20)32-17-19-8-12-28(13-9-19)11-7-18-2-4-21-23(16-18)31-15-14-30-21;/h2-6,10,16,19H,7-9,11-15,17H2,1H3;1H. The SMILES string of the molecule is COc1ccc2nccc(OCC3CCN(CCc4ccc5c(c4)OCCO5)CC3)c2n1.Cl. The van der Waals surface area contributed by atoms with Crippen LogP contribution in [0.1, 0.15) is 18.4 Å². The summed E-state index contributed by atoms with van der Waals surface area (Å²) in [7, 11) is 1.62. The van der Waals surface area contributed by atoms with E-state index < -0.39 is 0 Å². The van der Waals surface area contributed by atoms with Gasteiger partial charge in [0.05, 0.1) is 19.2 Å². The average Bonchev–Trinajstić information content (AvgIpc) is 2.86. The van der Waals surface area contributed by atoms with E-state index in [1.807, 2.05) is 24.3 Å². The molecule has 0 atom stereocenters. The number of halogens is 1. The van der Waals surface area contributed by atoms with Crippen LogP contribution < -0.4 is 18.9 Å². The predicted molar refractivity (Wildman–Crippen MR) is 129 cm³/mol. The Morgan fingerprint density at radius 3 is 2.67 bits per heavy atom. The fourth-order valence-electron chi connectivity index (χ4n) is 4.33. The lowest BCUT2D eigenvalue weighted by Gasteiger charge is -2.32. The van der Waals surface area contributed by atoms with Crippen molar-refractivity contribution in [1.29, 1.82) is 0 Å². The van der Waals surface area contributed by atoms with E-state index in [1.165, 1.54) is 5.56 Å². The van der Waals surface area contributed by atoms with E-state index in [9.17, 15) is 0 Å². The molecule has 1 aromatic carbocycles. The molecule has 0 aliphatic carbocycles. The lowest BCUT2D eigenvalue weighted by Crippen LogP contribution is -2.36. The fraction of sp³-hybridized carbons (Fsp3) is 0.440. The number of nitrogens with zero attached hydrogens (tertiary/aromatic N) is 3. The molecule has 0 amide bonds. The van der Waals surface area contributed by atoms with Crippen molar-refractivity contribution in [2.24, 2.45) is 5.92 Å². The Morgan fingerprint density at radius 2 is 1.85 bits per heavy atom. The normalized spacial score (nSPS) is 16.3. The largest absolute Gasteiger partial charge is 0.491 e. The smallest absolute Gasteiger partial charge is 0.213 e. The number of aromatic nitrogens is 2. The summed E-state index contributed by atoms with van der Waals surface area (Å²) in [4.78, 5) is 11.4. The Morgan fingerprint density at radius 1 is 1.03 bits per heavy atom. The van der Waals surface area contributed by atoms with Crippen LogP contribution in [0.25, 0.3) is 11.0 Å². The topological polar surface area (TPSA) is 65.9 Å². The summed E-state index contributed by atoms with van der Waals surface area (Å²) in [5.74, 6) is 3.63. The van der Waals surface area contributed by atoms with Crippen LogP contribution in [0.2, 0.25) is 0 Å². The van der Waals surface area contributed by atoms with E-state index in [-0.39, 0.29) is 12.4 Å². The number of piperidine rings is 1. The number of likely N-dealkylation sites (tertiary alicyclic amines) is 1. The summed E-state index contributed by atoms with van der Waals surface area (Å²) in [6.45, 7) is 5.22. The summed E-state index contributed by atoms with van der Waals surface area (Å²) >= 11 is 0. The highest BCUT2D eigenvalue weighted by molar-refractivity contribution is 5.85. The number of fused-ring (bicyclic) bond motifs is 2. The van der Waals surface area contributed by atoms with E-state index in [4.69, 9.17) is 18.9 Å². The quantitative estimate of drug-likeness (QED) is 0.512. The zero-order chi connectivity index (χ0) is 21.8. The number of benzene rings is 1. The Kier molecular flexibility index (Phi) is 7.73. The van der Waals surface area contributed by atoms with Gasteiger partial charge in [0.1, 0.15) is 24.5 Å². The molecule has 1 fully saturated rings. The van der Waals surface area contributed by atoms with E-state index in [0.29, 0.717) is 31.6 Å². The molecule has 2 aromatic heterocycles. The second-order valence-corrected chi connectivity index (χ2v) is 8.35. The van der Waals surface area contributed by atoms with Crippen LogP contribution in [0.4, 0.5) is 0 Å². The van der Waals surface area contributed by atoms with Crippen molar-refractivity contribution >= 4 is 23.4 Å². The summed E-state index contributed by atoms with van der Waals surface area (Å²) in [6, 6.07) is 11.9. The van der Waals surface area contributed by atoms with Crippen molar-refractivity contribution in [3.05, 3.63) is 48.2 Å². The first-order valence-electron chi connectivity index (χ1n) is 11.3. The molecule has 2 aliphatic rings. The van der Waals surface area contributed by atoms with Crippen molar-refractivity contribution in [2.45, 2.75) is 19.3 Å². The Balaban J connectivity index is 0.00000259. The predicted octanol–water partition coefficient (Wildman–Crippen LogP) is 4.16. The number of rotatable bonds is 7. The van der Waals surface area contributed by atoms with Crippen LogP contribution in [0, 0.1) is 5.92 Å². The van der Waals surface area contributed by atoms with Crippen LogP contribution >= 0.6 is 12.4 Å². The first-order valence-corrected chi connectivity index (χ1v) is 11.3. The van der Waals surface area contributed by atoms with Crippen LogP contribution in [0.15, 0.2) is 42.6 Å². The number of ether oxygens (including phenoxy) is 4. The van der Waals surface area contributed by atoms with E-state index in [2.05, 4.69) is 27.0 Å². The van der Waals surface area contributed by atoms with Gasteiger partial charge in [-0.05, 0) is 62.0 Å². The highest BCUT2D eigenvalue weighted by atomic mass is 35.5. The maximum Gasteiger partial charge on any atom is 0.213 e. The number of hydrogen-bond donors (Lipinski definition) is 0. The van der Waals surface area contributed by atoms with Crippen molar-refractivity contribution in [1.82, 2.24) is 14.9 Å². The Hall–Kier alpha value is -2.77. The van der Waals surface area contributed by atoms with Gasteiger partial charge in [-0.3, -0.25) is 4.98 Å². The summed E-state index contributed by atoms with van der Waals surface area (Å²) in [6.07, 6.45) is 5.07. The number of hydrogen-bond acceptors (Lipinski definition) is 7. The Labute approximate surface area is 200 Å². The maximum absolute atomic E-state index is 6.17. The second kappa shape index (κ2) is 10.9. The van der Waals surface area contributed by atoms with Gasteiger partial charge in [0.15, 0.2) is 11.5 Å². The zero-order valence-corrected chi connectivity index (χ0v) is 19.7. The molecule has 2 aliphatic heterocycles. The lowest BCUT2D eigenvalue weighted by molar-refractivity contribution is 0.143. The molecule has 8 heteroatoms. The van der Waals surface area contributed by atoms with Crippen molar-refractivity contribution in [3.63, 3.8) is 0 Å². The molecule has 0 saturated carbocycles. The van der Waals surface area contributed by atoms with Crippen molar-refractivity contribution in [2.75, 3.05) is 46.6 Å². The molecule has 0 unspecified atom stereocenters. The molecule has 7 nitrogen and oxygen atoms in total. The van der Waals surface area contributed by atoms with E-state index >= 15 is 0 Å². The highest BCUT2D eigenvalue weighted by Crippen LogP contribution is 2.31. The maximum atomic E-state index is 6.17. The van der Waals surface area contributed by atoms with Gasteiger partial charge in [-0.25, -0.2) is 4.98 Å². The van der Waals surface area contributed by atoms with Gasteiger partial charge in [-0.1, -0.05) is 6.07 Å². The zero-order valence-electron chi connectivity index (χ0n) is 18.9. The molecule has 0 radical (unpaired) electrons. The summed E-state index contributed by atoms with van der Waals surface area (Å²) < 4.78 is 22.7. The molecule has 33 heavy (non-hydrogen) atoms.